The van der Waals surface area contributed by atoms with E-state index in [-0.39, 0.29) is 0 Å². The highest BCUT2D eigenvalue weighted by Gasteiger charge is 2.20. The molecule has 0 bridgehead atoms. The van der Waals surface area contributed by atoms with E-state index in [0.717, 1.165) is 24.3 Å². The Kier molecular flexibility index (Phi) is 9.02. The highest BCUT2D eigenvalue weighted by Crippen LogP contribution is 2.41. The highest BCUT2D eigenvalue weighted by molar-refractivity contribution is 6.30. The van der Waals surface area contributed by atoms with Gasteiger partial charge in [0.15, 0.2) is 0 Å². The van der Waals surface area contributed by atoms with Crippen LogP contribution in [0.1, 0.15) is 87.5 Å². The van der Waals surface area contributed by atoms with Gasteiger partial charge in [-0.15, -0.1) is 0 Å². The lowest BCUT2D eigenvalue weighted by Crippen LogP contribution is -1.99. The summed E-state index contributed by atoms with van der Waals surface area (Å²) < 4.78 is 0. The van der Waals surface area contributed by atoms with Gasteiger partial charge < -0.3 is 0 Å². The van der Waals surface area contributed by atoms with Crippen LogP contribution < -0.4 is 0 Å². The van der Waals surface area contributed by atoms with E-state index in [4.69, 9.17) is 11.6 Å². The molecule has 0 saturated heterocycles. The Morgan fingerprint density at radius 2 is 1.11 bits per heavy atom. The molecule has 0 nitrogen and oxygen atoms in total. The maximum Gasteiger partial charge on any atom is 0.0406 e. The topological polar surface area (TPSA) is 0 Å². The first-order valence-electron chi connectivity index (χ1n) is 14.8. The number of hydrogen-bond acceptors (Lipinski definition) is 0. The van der Waals surface area contributed by atoms with Crippen LogP contribution in [0.5, 0.6) is 0 Å². The van der Waals surface area contributed by atoms with Gasteiger partial charge in [0.2, 0.25) is 0 Å². The lowest BCUT2D eigenvalue weighted by Gasteiger charge is -2.19. The van der Waals surface area contributed by atoms with Crippen molar-refractivity contribution >= 4 is 11.6 Å². The van der Waals surface area contributed by atoms with Crippen molar-refractivity contribution in [3.05, 3.63) is 106 Å². The summed E-state index contributed by atoms with van der Waals surface area (Å²) in [6.45, 7) is 4.58. The Morgan fingerprint density at radius 3 is 1.76 bits per heavy atom. The van der Waals surface area contributed by atoms with Gasteiger partial charge in [0.1, 0.15) is 0 Å². The summed E-state index contributed by atoms with van der Waals surface area (Å²) in [4.78, 5) is 0. The summed E-state index contributed by atoms with van der Waals surface area (Å²) in [5.41, 5.74) is 14.1. The van der Waals surface area contributed by atoms with Crippen LogP contribution in [0.3, 0.4) is 0 Å². The van der Waals surface area contributed by atoms with Crippen LogP contribution in [0.15, 0.2) is 78.9 Å². The third kappa shape index (κ3) is 6.08. The second kappa shape index (κ2) is 12.8. The molecular formula is C37H41Cl. The van der Waals surface area contributed by atoms with Crippen LogP contribution in [0.2, 0.25) is 5.02 Å². The van der Waals surface area contributed by atoms with Gasteiger partial charge in [-0.05, 0) is 106 Å². The quantitative estimate of drug-likeness (QED) is 0.143. The fraction of sp³-hybridized carbons (Fsp3) is 0.351. The number of rotatable bonds is 12. The second-order valence-corrected chi connectivity index (χ2v) is 11.4. The van der Waals surface area contributed by atoms with Gasteiger partial charge in [-0.1, -0.05) is 125 Å². The number of unbranched alkanes of at least 4 members (excludes halogenated alkanes) is 6. The standard InChI is InChI=1S/C37H41Cl/c1-3-5-7-9-13-29-25-36(32-18-17-31-23-28-15-11-12-16-34(28)37(31)26-32)30(14-10-8-6-4-2)24-35(29)27-19-21-33(38)22-20-27/h11-12,15-22,24-26H,3-10,13-14,23H2,1-2H3. The van der Waals surface area contributed by atoms with Crippen LogP contribution in [0.25, 0.3) is 33.4 Å². The summed E-state index contributed by atoms with van der Waals surface area (Å²) in [5, 5.41) is 0.799. The van der Waals surface area contributed by atoms with E-state index < -0.39 is 0 Å². The van der Waals surface area contributed by atoms with Gasteiger partial charge >= 0.3 is 0 Å². The van der Waals surface area contributed by atoms with E-state index in [1.54, 1.807) is 0 Å². The Balaban J connectivity index is 1.59. The molecule has 0 radical (unpaired) electrons. The lowest BCUT2D eigenvalue weighted by molar-refractivity contribution is 0.664. The molecule has 0 atom stereocenters. The number of fused-ring (bicyclic) bond motifs is 3. The summed E-state index contributed by atoms with van der Waals surface area (Å²) in [5.74, 6) is 0. The van der Waals surface area contributed by atoms with Crippen molar-refractivity contribution in [1.82, 2.24) is 0 Å². The monoisotopic (exact) mass is 520 g/mol. The van der Waals surface area contributed by atoms with Gasteiger partial charge in [-0.25, -0.2) is 0 Å². The minimum atomic E-state index is 0.799. The molecule has 0 heterocycles. The normalized spacial score (nSPS) is 12.0. The van der Waals surface area contributed by atoms with E-state index >= 15 is 0 Å². The molecule has 0 aliphatic heterocycles. The van der Waals surface area contributed by atoms with Crippen molar-refractivity contribution in [2.24, 2.45) is 0 Å². The number of halogens is 1. The average Bonchev–Trinajstić information content (AvgIpc) is 3.32. The lowest BCUT2D eigenvalue weighted by atomic mass is 9.86. The molecule has 1 heteroatoms. The van der Waals surface area contributed by atoms with Gasteiger partial charge in [0.05, 0.1) is 0 Å². The van der Waals surface area contributed by atoms with Crippen LogP contribution in [-0.2, 0) is 19.3 Å². The summed E-state index contributed by atoms with van der Waals surface area (Å²) in [7, 11) is 0. The predicted molar refractivity (Wildman–Crippen MR) is 166 cm³/mol. The van der Waals surface area contributed by atoms with Gasteiger partial charge in [-0.3, -0.25) is 0 Å². The molecular weight excluding hydrogens is 480 g/mol. The zero-order valence-corrected chi connectivity index (χ0v) is 23.9. The van der Waals surface area contributed by atoms with Crippen molar-refractivity contribution in [3.8, 4) is 33.4 Å². The molecule has 0 unspecified atom stereocenters. The summed E-state index contributed by atoms with van der Waals surface area (Å²) in [6.07, 6.45) is 13.5. The Bertz CT molecular complexity index is 1360. The highest BCUT2D eigenvalue weighted by atomic mass is 35.5. The van der Waals surface area contributed by atoms with Crippen molar-refractivity contribution in [3.63, 3.8) is 0 Å². The number of benzene rings is 4. The summed E-state index contributed by atoms with van der Waals surface area (Å²) >= 11 is 6.27. The fourth-order valence-corrected chi connectivity index (χ4v) is 6.17. The summed E-state index contributed by atoms with van der Waals surface area (Å²) in [6, 6.07) is 29.6. The van der Waals surface area contributed by atoms with Crippen molar-refractivity contribution in [1.29, 1.82) is 0 Å². The third-order valence-corrected chi connectivity index (χ3v) is 8.44. The van der Waals surface area contributed by atoms with Gasteiger partial charge in [-0.2, -0.15) is 0 Å². The van der Waals surface area contributed by atoms with E-state index in [1.165, 1.54) is 107 Å². The molecule has 0 fully saturated rings. The first-order valence-corrected chi connectivity index (χ1v) is 15.2. The molecule has 0 N–H and O–H groups in total. The van der Waals surface area contributed by atoms with Gasteiger partial charge in [0.25, 0.3) is 0 Å². The van der Waals surface area contributed by atoms with E-state index in [0.29, 0.717) is 0 Å². The molecule has 1 aliphatic carbocycles. The molecule has 4 aromatic rings. The Labute approximate surface area is 235 Å². The zero-order valence-electron chi connectivity index (χ0n) is 23.2. The first-order chi connectivity index (χ1) is 18.7. The molecule has 0 amide bonds. The zero-order chi connectivity index (χ0) is 26.3. The molecule has 1 aliphatic rings. The molecule has 196 valence electrons. The van der Waals surface area contributed by atoms with Crippen molar-refractivity contribution in [2.75, 3.05) is 0 Å². The second-order valence-electron chi connectivity index (χ2n) is 11.0. The minimum absolute atomic E-state index is 0.799. The molecule has 4 aromatic carbocycles. The maximum absolute atomic E-state index is 6.27. The van der Waals surface area contributed by atoms with Crippen molar-refractivity contribution in [2.45, 2.75) is 84.5 Å². The average molecular weight is 521 g/mol. The van der Waals surface area contributed by atoms with E-state index in [9.17, 15) is 0 Å². The maximum atomic E-state index is 6.27. The smallest absolute Gasteiger partial charge is 0.0406 e. The number of aryl methyl sites for hydroxylation is 2. The molecule has 38 heavy (non-hydrogen) atoms. The fourth-order valence-electron chi connectivity index (χ4n) is 6.05. The van der Waals surface area contributed by atoms with Crippen LogP contribution in [0, 0.1) is 0 Å². The molecule has 5 rings (SSSR count). The van der Waals surface area contributed by atoms with E-state index in [1.807, 2.05) is 12.1 Å². The molecule has 0 aromatic heterocycles. The molecule has 0 saturated carbocycles. The SMILES string of the molecule is CCCCCCc1cc(-c2ccc3c(c2)-c2ccccc2C3)c(CCCCCC)cc1-c1ccc(Cl)cc1. The number of hydrogen-bond donors (Lipinski definition) is 0. The van der Waals surface area contributed by atoms with Crippen molar-refractivity contribution < 1.29 is 0 Å². The van der Waals surface area contributed by atoms with Gasteiger partial charge in [0, 0.05) is 5.02 Å². The van der Waals surface area contributed by atoms with Crippen LogP contribution >= 0.6 is 11.6 Å². The Hall–Kier alpha value is -2.83. The predicted octanol–water partition coefficient (Wildman–Crippen LogP) is 11.5. The first kappa shape index (κ1) is 26.8. The van der Waals surface area contributed by atoms with Crippen LogP contribution in [0.4, 0.5) is 0 Å². The Morgan fingerprint density at radius 1 is 0.526 bits per heavy atom. The van der Waals surface area contributed by atoms with E-state index in [2.05, 4.69) is 80.6 Å². The largest absolute Gasteiger partial charge is 0.0843 e. The molecule has 0 spiro atoms. The minimum Gasteiger partial charge on any atom is -0.0843 e. The van der Waals surface area contributed by atoms with Crippen LogP contribution in [-0.4, -0.2) is 0 Å². The third-order valence-electron chi connectivity index (χ3n) is 8.19.